The van der Waals surface area contributed by atoms with Crippen LogP contribution in [-0.4, -0.2) is 57.3 Å². The number of carbonyl (C=O) groups excluding carboxylic acids is 2. The van der Waals surface area contributed by atoms with E-state index < -0.39 is 23.6 Å². The van der Waals surface area contributed by atoms with Crippen molar-refractivity contribution in [2.24, 2.45) is 5.92 Å². The molecule has 10 heteroatoms. The van der Waals surface area contributed by atoms with Crippen LogP contribution in [-0.2, 0) is 11.3 Å². The van der Waals surface area contributed by atoms with Crippen molar-refractivity contribution < 1.29 is 28.2 Å². The summed E-state index contributed by atoms with van der Waals surface area (Å²) in [5.74, 6) is -2.37. The Morgan fingerprint density at radius 2 is 2.06 bits per heavy atom. The fraction of sp³-hybridized carbons (Fsp3) is 0.400. The normalized spacial score (nSPS) is 16.2. The molecule has 3 aromatic rings. The van der Waals surface area contributed by atoms with Crippen molar-refractivity contribution in [2.45, 2.75) is 39.3 Å². The first-order valence-electron chi connectivity index (χ1n) is 11.6. The molecule has 0 radical (unpaired) electrons. The zero-order valence-corrected chi connectivity index (χ0v) is 19.6. The van der Waals surface area contributed by atoms with Gasteiger partial charge >= 0.3 is 0 Å². The molecule has 2 amide bonds. The van der Waals surface area contributed by atoms with Crippen LogP contribution in [0, 0.1) is 17.6 Å². The van der Waals surface area contributed by atoms with Gasteiger partial charge in [-0.15, -0.1) is 0 Å². The van der Waals surface area contributed by atoms with Crippen LogP contribution in [0.4, 0.5) is 8.78 Å². The van der Waals surface area contributed by atoms with Gasteiger partial charge in [0.05, 0.1) is 23.9 Å². The Balaban J connectivity index is 1.70. The van der Waals surface area contributed by atoms with E-state index in [0.717, 1.165) is 12.1 Å². The molecule has 1 saturated heterocycles. The lowest BCUT2D eigenvalue weighted by Gasteiger charge is -2.32. The van der Waals surface area contributed by atoms with Gasteiger partial charge < -0.3 is 20.1 Å². The molecule has 186 valence electrons. The van der Waals surface area contributed by atoms with Gasteiger partial charge in [0.1, 0.15) is 17.6 Å². The first kappa shape index (κ1) is 24.6. The number of piperidine rings is 1. The van der Waals surface area contributed by atoms with E-state index in [2.05, 4.69) is 10.4 Å². The Bertz CT molecular complexity index is 1240. The van der Waals surface area contributed by atoms with Crippen molar-refractivity contribution in [2.75, 3.05) is 19.7 Å². The molecule has 4 rings (SSSR count). The largest absolute Gasteiger partial charge is 0.453 e. The predicted molar refractivity (Wildman–Crippen MR) is 125 cm³/mol. The zero-order valence-electron chi connectivity index (χ0n) is 19.6. The van der Waals surface area contributed by atoms with Crippen LogP contribution >= 0.6 is 0 Å². The monoisotopic (exact) mass is 486 g/mol. The smallest absolute Gasteiger partial charge is 0.255 e. The second-order valence-corrected chi connectivity index (χ2v) is 9.02. The Morgan fingerprint density at radius 3 is 2.77 bits per heavy atom. The SMILES string of the molecule is CC(C)Cn1ncc2cc(Oc3ccc(F)cc3F)c(C(=O)N[C@H]3CCCN(CCO)C3=O)cc21. The summed E-state index contributed by atoms with van der Waals surface area (Å²) in [5, 5.41) is 17.0. The molecular formula is C25H28F2N4O4. The van der Waals surface area contributed by atoms with Gasteiger partial charge in [0.2, 0.25) is 5.91 Å². The van der Waals surface area contributed by atoms with Crippen LogP contribution in [0.3, 0.4) is 0 Å². The van der Waals surface area contributed by atoms with E-state index in [1.54, 1.807) is 23.0 Å². The molecule has 0 saturated carbocycles. The lowest BCUT2D eigenvalue weighted by Crippen LogP contribution is -2.52. The van der Waals surface area contributed by atoms with Crippen molar-refractivity contribution in [3.8, 4) is 11.5 Å². The number of nitrogens with one attached hydrogen (secondary N) is 1. The first-order valence-corrected chi connectivity index (χ1v) is 11.6. The zero-order chi connectivity index (χ0) is 25.1. The highest BCUT2D eigenvalue weighted by Gasteiger charge is 2.31. The molecule has 1 fully saturated rings. The third kappa shape index (κ3) is 5.43. The fourth-order valence-corrected chi connectivity index (χ4v) is 4.19. The van der Waals surface area contributed by atoms with E-state index >= 15 is 0 Å². The number of amides is 2. The predicted octanol–water partition coefficient (Wildman–Crippen LogP) is 3.48. The number of hydrogen-bond acceptors (Lipinski definition) is 5. The second-order valence-electron chi connectivity index (χ2n) is 9.02. The lowest BCUT2D eigenvalue weighted by molar-refractivity contribution is -0.136. The van der Waals surface area contributed by atoms with Crippen molar-refractivity contribution in [3.05, 3.63) is 53.7 Å². The molecule has 35 heavy (non-hydrogen) atoms. The Morgan fingerprint density at radius 1 is 1.26 bits per heavy atom. The minimum atomic E-state index is -0.908. The summed E-state index contributed by atoms with van der Waals surface area (Å²) in [6.45, 7) is 5.26. The average molecular weight is 487 g/mol. The van der Waals surface area contributed by atoms with Crippen LogP contribution in [0.25, 0.3) is 10.9 Å². The van der Waals surface area contributed by atoms with Gasteiger partial charge in [-0.1, -0.05) is 13.8 Å². The summed E-state index contributed by atoms with van der Waals surface area (Å²) >= 11 is 0. The number of benzene rings is 2. The van der Waals surface area contributed by atoms with E-state index in [9.17, 15) is 23.5 Å². The summed E-state index contributed by atoms with van der Waals surface area (Å²) in [6.07, 6.45) is 2.77. The Hall–Kier alpha value is -3.53. The third-order valence-corrected chi connectivity index (χ3v) is 5.85. The number of halogens is 2. The topological polar surface area (TPSA) is 96.7 Å². The number of fused-ring (bicyclic) bond motifs is 1. The molecule has 2 heterocycles. The summed E-state index contributed by atoms with van der Waals surface area (Å²) in [6, 6.07) is 5.34. The van der Waals surface area contributed by atoms with E-state index in [4.69, 9.17) is 4.74 Å². The van der Waals surface area contributed by atoms with E-state index in [1.807, 2.05) is 13.8 Å². The van der Waals surface area contributed by atoms with Crippen molar-refractivity contribution in [1.29, 1.82) is 0 Å². The van der Waals surface area contributed by atoms with Gasteiger partial charge in [-0.05, 0) is 43.0 Å². The number of hydrogen-bond donors (Lipinski definition) is 2. The number of aliphatic hydroxyl groups is 1. The summed E-state index contributed by atoms with van der Waals surface area (Å²) in [5.41, 5.74) is 0.784. The molecule has 0 unspecified atom stereocenters. The van der Waals surface area contributed by atoms with Gasteiger partial charge in [0.15, 0.2) is 11.6 Å². The van der Waals surface area contributed by atoms with Gasteiger partial charge in [-0.3, -0.25) is 14.3 Å². The molecule has 0 bridgehead atoms. The van der Waals surface area contributed by atoms with Crippen LogP contribution in [0.5, 0.6) is 11.5 Å². The molecule has 1 aliphatic heterocycles. The molecule has 2 N–H and O–H groups in total. The minimum Gasteiger partial charge on any atom is -0.453 e. The molecule has 1 aliphatic rings. The number of aliphatic hydroxyl groups excluding tert-OH is 1. The number of aromatic nitrogens is 2. The van der Waals surface area contributed by atoms with Crippen LogP contribution < -0.4 is 10.1 Å². The van der Waals surface area contributed by atoms with Gasteiger partial charge in [0, 0.05) is 31.1 Å². The lowest BCUT2D eigenvalue weighted by atomic mass is 10.0. The molecule has 2 aromatic carbocycles. The maximum atomic E-state index is 14.3. The molecule has 0 aliphatic carbocycles. The van der Waals surface area contributed by atoms with Gasteiger partial charge in [0.25, 0.3) is 5.91 Å². The number of likely N-dealkylation sites (tertiary alicyclic amines) is 1. The molecule has 8 nitrogen and oxygen atoms in total. The van der Waals surface area contributed by atoms with Crippen LogP contribution in [0.2, 0.25) is 0 Å². The maximum absolute atomic E-state index is 14.3. The number of carbonyl (C=O) groups is 2. The van der Waals surface area contributed by atoms with Crippen molar-refractivity contribution in [3.63, 3.8) is 0 Å². The fourth-order valence-electron chi connectivity index (χ4n) is 4.19. The number of nitrogens with zero attached hydrogens (tertiary/aromatic N) is 3. The van der Waals surface area contributed by atoms with E-state index in [-0.39, 0.29) is 36.1 Å². The molecule has 1 aromatic heterocycles. The maximum Gasteiger partial charge on any atom is 0.255 e. The number of rotatable bonds is 8. The van der Waals surface area contributed by atoms with Crippen molar-refractivity contribution >= 4 is 22.7 Å². The highest BCUT2D eigenvalue weighted by atomic mass is 19.1. The molecule has 1 atom stereocenters. The number of ether oxygens (including phenoxy) is 1. The highest BCUT2D eigenvalue weighted by molar-refractivity contribution is 6.03. The second kappa shape index (κ2) is 10.4. The summed E-state index contributed by atoms with van der Waals surface area (Å²) < 4.78 is 35.2. The third-order valence-electron chi connectivity index (χ3n) is 5.85. The summed E-state index contributed by atoms with van der Waals surface area (Å²) in [4.78, 5) is 27.6. The van der Waals surface area contributed by atoms with E-state index in [0.29, 0.717) is 48.8 Å². The highest BCUT2D eigenvalue weighted by Crippen LogP contribution is 2.32. The van der Waals surface area contributed by atoms with Crippen LogP contribution in [0.1, 0.15) is 37.0 Å². The Kier molecular flexibility index (Phi) is 7.30. The minimum absolute atomic E-state index is 0.0556. The number of β-amino-alcohol motifs (C(OH)–C–C–N with tert-alkyl or cyclic N) is 1. The van der Waals surface area contributed by atoms with Gasteiger partial charge in [-0.2, -0.15) is 5.10 Å². The molecular weight excluding hydrogens is 458 g/mol. The average Bonchev–Trinajstić information content (AvgIpc) is 3.18. The van der Waals surface area contributed by atoms with E-state index in [1.165, 1.54) is 4.90 Å². The first-order chi connectivity index (χ1) is 16.8. The summed E-state index contributed by atoms with van der Waals surface area (Å²) in [7, 11) is 0. The van der Waals surface area contributed by atoms with Crippen molar-refractivity contribution in [1.82, 2.24) is 20.0 Å². The van der Waals surface area contributed by atoms with Gasteiger partial charge in [-0.25, -0.2) is 8.78 Å². The Labute approximate surface area is 201 Å². The molecule has 0 spiro atoms. The van der Waals surface area contributed by atoms with Crippen LogP contribution in [0.15, 0.2) is 36.5 Å². The standard InChI is InChI=1S/C25H28F2N4O4/c1-15(2)14-31-21-12-18(24(33)29-20-4-3-7-30(8-9-32)25(20)34)23(10-16(21)13-28-31)35-22-6-5-17(26)11-19(22)27/h5-6,10-13,15,20,32H,3-4,7-9,14H2,1-2H3,(H,29,33)/t20-/m0/s1. The quantitative estimate of drug-likeness (QED) is 0.508.